The Morgan fingerprint density at radius 1 is 1.53 bits per heavy atom. The predicted molar refractivity (Wildman–Crippen MR) is 62.8 cm³/mol. The monoisotopic (exact) mass is 224 g/mol. The summed E-state index contributed by atoms with van der Waals surface area (Å²) in [6.45, 7) is 4.83. The van der Waals surface area contributed by atoms with Gasteiger partial charge in [0.05, 0.1) is 19.3 Å². The molecule has 1 aromatic rings. The van der Waals surface area contributed by atoms with Gasteiger partial charge in [-0.2, -0.15) is 0 Å². The molecule has 0 radical (unpaired) electrons. The molecule has 0 spiro atoms. The van der Waals surface area contributed by atoms with E-state index in [1.807, 2.05) is 25.3 Å². The second-order valence-electron chi connectivity index (χ2n) is 3.44. The van der Waals surface area contributed by atoms with E-state index in [0.717, 1.165) is 5.56 Å². The van der Waals surface area contributed by atoms with Crippen LogP contribution in [0.4, 0.5) is 0 Å². The van der Waals surface area contributed by atoms with E-state index in [1.165, 1.54) is 4.88 Å². The SMILES string of the molecule is CC(C)OCc1cc(C#CCCO)cs1. The number of rotatable bonds is 4. The largest absolute Gasteiger partial charge is 0.395 e. The highest BCUT2D eigenvalue weighted by Gasteiger charge is 1.99. The molecule has 0 saturated carbocycles. The molecule has 0 atom stereocenters. The summed E-state index contributed by atoms with van der Waals surface area (Å²) in [6.07, 6.45) is 0.796. The Morgan fingerprint density at radius 2 is 2.33 bits per heavy atom. The van der Waals surface area contributed by atoms with E-state index in [9.17, 15) is 0 Å². The zero-order valence-corrected chi connectivity index (χ0v) is 9.93. The first-order valence-electron chi connectivity index (χ1n) is 5.01. The van der Waals surface area contributed by atoms with Crippen LogP contribution in [0.5, 0.6) is 0 Å². The van der Waals surface area contributed by atoms with Crippen LogP contribution in [0.3, 0.4) is 0 Å². The average Bonchev–Trinajstić information content (AvgIpc) is 2.63. The van der Waals surface area contributed by atoms with Crippen LogP contribution in [0.15, 0.2) is 11.4 Å². The number of aliphatic hydroxyl groups is 1. The summed E-state index contributed by atoms with van der Waals surface area (Å²) < 4.78 is 5.49. The van der Waals surface area contributed by atoms with Crippen molar-refractivity contribution in [1.82, 2.24) is 0 Å². The summed E-state index contributed by atoms with van der Waals surface area (Å²) in [7, 11) is 0. The Kier molecular flexibility index (Phi) is 5.41. The van der Waals surface area contributed by atoms with Crippen molar-refractivity contribution >= 4 is 11.3 Å². The molecule has 1 aromatic heterocycles. The molecule has 15 heavy (non-hydrogen) atoms. The van der Waals surface area contributed by atoms with E-state index in [0.29, 0.717) is 13.0 Å². The maximum atomic E-state index is 8.57. The molecule has 0 aliphatic carbocycles. The van der Waals surface area contributed by atoms with Crippen LogP contribution in [-0.4, -0.2) is 17.8 Å². The van der Waals surface area contributed by atoms with Gasteiger partial charge in [0.15, 0.2) is 0 Å². The topological polar surface area (TPSA) is 29.5 Å². The van der Waals surface area contributed by atoms with Crippen LogP contribution in [0.1, 0.15) is 30.7 Å². The lowest BCUT2D eigenvalue weighted by Crippen LogP contribution is -2.00. The van der Waals surface area contributed by atoms with E-state index in [2.05, 4.69) is 11.8 Å². The molecule has 0 bridgehead atoms. The first-order chi connectivity index (χ1) is 7.22. The van der Waals surface area contributed by atoms with Gasteiger partial charge in [0.2, 0.25) is 0 Å². The first kappa shape index (κ1) is 12.3. The molecule has 1 heterocycles. The molecule has 0 saturated heterocycles. The standard InChI is InChI=1S/C12H16O2S/c1-10(2)14-8-12-7-11(9-15-12)5-3-4-6-13/h7,9-10,13H,4,6,8H2,1-2H3. The Labute approximate surface area is 94.9 Å². The van der Waals surface area contributed by atoms with Crippen molar-refractivity contribution in [2.45, 2.75) is 33.0 Å². The van der Waals surface area contributed by atoms with Gasteiger partial charge in [-0.05, 0) is 19.9 Å². The van der Waals surface area contributed by atoms with Crippen molar-refractivity contribution in [3.05, 3.63) is 21.9 Å². The molecule has 0 unspecified atom stereocenters. The third kappa shape index (κ3) is 4.98. The lowest BCUT2D eigenvalue weighted by Gasteiger charge is -2.04. The second-order valence-corrected chi connectivity index (χ2v) is 4.43. The minimum Gasteiger partial charge on any atom is -0.395 e. The minimum absolute atomic E-state index is 0.125. The van der Waals surface area contributed by atoms with Crippen LogP contribution in [0, 0.1) is 11.8 Å². The smallest absolute Gasteiger partial charge is 0.0813 e. The third-order valence-electron chi connectivity index (χ3n) is 1.68. The Bertz CT molecular complexity index is 344. The van der Waals surface area contributed by atoms with Crippen molar-refractivity contribution in [2.75, 3.05) is 6.61 Å². The molecule has 0 aromatic carbocycles. The van der Waals surface area contributed by atoms with Gasteiger partial charge in [-0.25, -0.2) is 0 Å². The minimum atomic E-state index is 0.125. The predicted octanol–water partition coefficient (Wildman–Crippen LogP) is 2.41. The number of aliphatic hydroxyl groups excluding tert-OH is 1. The summed E-state index contributed by atoms with van der Waals surface area (Å²) >= 11 is 1.66. The van der Waals surface area contributed by atoms with Gasteiger partial charge < -0.3 is 9.84 Å². The molecule has 1 N–H and O–H groups in total. The van der Waals surface area contributed by atoms with E-state index >= 15 is 0 Å². The summed E-state index contributed by atoms with van der Waals surface area (Å²) in [5, 5.41) is 10.6. The molecule has 1 rings (SSSR count). The Balaban J connectivity index is 2.46. The van der Waals surface area contributed by atoms with Crippen molar-refractivity contribution in [2.24, 2.45) is 0 Å². The maximum absolute atomic E-state index is 8.57. The molecule has 2 nitrogen and oxygen atoms in total. The summed E-state index contributed by atoms with van der Waals surface area (Å²) in [4.78, 5) is 1.19. The van der Waals surface area contributed by atoms with Gasteiger partial charge in [-0.3, -0.25) is 0 Å². The molecular weight excluding hydrogens is 208 g/mol. The fraction of sp³-hybridized carbons (Fsp3) is 0.500. The van der Waals surface area contributed by atoms with E-state index in [1.54, 1.807) is 11.3 Å². The molecule has 0 fully saturated rings. The van der Waals surface area contributed by atoms with Crippen LogP contribution in [0.2, 0.25) is 0 Å². The summed E-state index contributed by atoms with van der Waals surface area (Å²) in [5.74, 6) is 5.89. The zero-order valence-electron chi connectivity index (χ0n) is 9.12. The van der Waals surface area contributed by atoms with E-state index in [4.69, 9.17) is 9.84 Å². The van der Waals surface area contributed by atoms with E-state index < -0.39 is 0 Å². The van der Waals surface area contributed by atoms with Gasteiger partial charge in [0.25, 0.3) is 0 Å². The number of thiophene rings is 1. The molecule has 82 valence electrons. The second kappa shape index (κ2) is 6.62. The third-order valence-corrected chi connectivity index (χ3v) is 2.59. The van der Waals surface area contributed by atoms with Gasteiger partial charge >= 0.3 is 0 Å². The highest BCUT2D eigenvalue weighted by molar-refractivity contribution is 7.10. The number of hydrogen-bond donors (Lipinski definition) is 1. The maximum Gasteiger partial charge on any atom is 0.0813 e. The highest BCUT2D eigenvalue weighted by Crippen LogP contribution is 2.15. The van der Waals surface area contributed by atoms with Gasteiger partial charge in [0, 0.05) is 22.2 Å². The molecule has 0 aliphatic rings. The lowest BCUT2D eigenvalue weighted by atomic mass is 10.3. The van der Waals surface area contributed by atoms with Crippen LogP contribution in [0.25, 0.3) is 0 Å². The van der Waals surface area contributed by atoms with Gasteiger partial charge in [-0.1, -0.05) is 11.8 Å². The van der Waals surface area contributed by atoms with Crippen LogP contribution >= 0.6 is 11.3 Å². The van der Waals surface area contributed by atoms with E-state index in [-0.39, 0.29) is 12.7 Å². The lowest BCUT2D eigenvalue weighted by molar-refractivity contribution is 0.0674. The van der Waals surface area contributed by atoms with Crippen LogP contribution in [-0.2, 0) is 11.3 Å². The Hall–Kier alpha value is -0.820. The number of hydrogen-bond acceptors (Lipinski definition) is 3. The normalized spacial score (nSPS) is 10.1. The fourth-order valence-electron chi connectivity index (χ4n) is 0.991. The fourth-order valence-corrected chi connectivity index (χ4v) is 1.73. The van der Waals surface area contributed by atoms with Gasteiger partial charge in [0.1, 0.15) is 0 Å². The number of ether oxygens (including phenoxy) is 1. The summed E-state index contributed by atoms with van der Waals surface area (Å²) in [5.41, 5.74) is 1.01. The van der Waals surface area contributed by atoms with Crippen molar-refractivity contribution in [3.8, 4) is 11.8 Å². The highest BCUT2D eigenvalue weighted by atomic mass is 32.1. The molecular formula is C12H16O2S. The van der Waals surface area contributed by atoms with Crippen molar-refractivity contribution < 1.29 is 9.84 Å². The Morgan fingerprint density at radius 3 is 3.00 bits per heavy atom. The molecule has 3 heteroatoms. The summed E-state index contributed by atoms with van der Waals surface area (Å²) in [6, 6.07) is 2.04. The molecule has 0 amide bonds. The van der Waals surface area contributed by atoms with Crippen LogP contribution < -0.4 is 0 Å². The van der Waals surface area contributed by atoms with Crippen molar-refractivity contribution in [1.29, 1.82) is 0 Å². The average molecular weight is 224 g/mol. The quantitative estimate of drug-likeness (QED) is 0.796. The zero-order chi connectivity index (χ0) is 11.1. The van der Waals surface area contributed by atoms with Gasteiger partial charge in [-0.15, -0.1) is 11.3 Å². The van der Waals surface area contributed by atoms with Crippen molar-refractivity contribution in [3.63, 3.8) is 0 Å². The first-order valence-corrected chi connectivity index (χ1v) is 5.89. The molecule has 0 aliphatic heterocycles.